The van der Waals surface area contributed by atoms with Crippen LogP contribution in [0.2, 0.25) is 0 Å². The molecule has 0 radical (unpaired) electrons. The van der Waals surface area contributed by atoms with E-state index in [1.807, 2.05) is 0 Å². The van der Waals surface area contributed by atoms with Gasteiger partial charge in [-0.25, -0.2) is 0 Å². The summed E-state index contributed by atoms with van der Waals surface area (Å²) in [5.41, 5.74) is 1.14. The summed E-state index contributed by atoms with van der Waals surface area (Å²) in [5, 5.41) is 14.0. The average Bonchev–Trinajstić information content (AvgIpc) is 2.78. The van der Waals surface area contributed by atoms with Crippen molar-refractivity contribution in [2.75, 3.05) is 24.5 Å². The average molecular weight is 276 g/mol. The normalized spacial score (nSPS) is 15.2. The van der Waals surface area contributed by atoms with E-state index in [2.05, 4.69) is 22.1 Å². The number of benzene rings is 1. The van der Waals surface area contributed by atoms with Crippen molar-refractivity contribution in [1.82, 2.24) is 10.3 Å². The number of aromatic nitrogens is 1. The molecule has 0 spiro atoms. The zero-order chi connectivity index (χ0) is 14.1. The van der Waals surface area contributed by atoms with Gasteiger partial charge in [-0.1, -0.05) is 6.92 Å². The summed E-state index contributed by atoms with van der Waals surface area (Å²) >= 11 is 0. The minimum Gasteiger partial charge on any atom is -0.423 e. The molecular formula is C13H16N4O3. The molecule has 1 aliphatic rings. The first-order valence-corrected chi connectivity index (χ1v) is 6.71. The Labute approximate surface area is 115 Å². The van der Waals surface area contributed by atoms with Crippen molar-refractivity contribution in [3.05, 3.63) is 28.3 Å². The van der Waals surface area contributed by atoms with Gasteiger partial charge in [0.25, 0.3) is 11.7 Å². The van der Waals surface area contributed by atoms with Gasteiger partial charge in [-0.3, -0.25) is 10.1 Å². The number of anilines is 1. The molecule has 1 N–H and O–H groups in total. The zero-order valence-electron chi connectivity index (χ0n) is 11.2. The van der Waals surface area contributed by atoms with E-state index in [1.54, 1.807) is 6.07 Å². The summed E-state index contributed by atoms with van der Waals surface area (Å²) in [5.74, 6) is 0. The second-order valence-electron chi connectivity index (χ2n) is 4.91. The number of hydrogen-bond acceptors (Lipinski definition) is 6. The Morgan fingerprint density at radius 2 is 2.35 bits per heavy atom. The van der Waals surface area contributed by atoms with Crippen LogP contribution in [0, 0.1) is 10.1 Å². The van der Waals surface area contributed by atoms with Crippen LogP contribution in [0.25, 0.3) is 11.1 Å². The summed E-state index contributed by atoms with van der Waals surface area (Å²) in [6.07, 6.45) is 0.995. The second-order valence-corrected chi connectivity index (χ2v) is 4.91. The van der Waals surface area contributed by atoms with Crippen LogP contribution < -0.4 is 10.2 Å². The predicted octanol–water partition coefficient (Wildman–Crippen LogP) is 1.92. The highest BCUT2D eigenvalue weighted by atomic mass is 16.6. The SMILES string of the molecule is CCCN(c1nc2cc([N+](=O)[O-])ccc2o1)C1CNC1. The molecule has 1 saturated heterocycles. The number of fused-ring (bicyclic) bond motifs is 1. The highest BCUT2D eigenvalue weighted by Gasteiger charge is 2.27. The smallest absolute Gasteiger partial charge is 0.298 e. The van der Waals surface area contributed by atoms with Crippen LogP contribution in [0.15, 0.2) is 22.6 Å². The Hall–Kier alpha value is -2.15. The summed E-state index contributed by atoms with van der Waals surface area (Å²) in [6.45, 7) is 4.80. The van der Waals surface area contributed by atoms with E-state index >= 15 is 0 Å². The Kier molecular flexibility index (Phi) is 3.27. The molecule has 7 nitrogen and oxygen atoms in total. The highest BCUT2D eigenvalue weighted by molar-refractivity contribution is 5.77. The van der Waals surface area contributed by atoms with Gasteiger partial charge in [-0.05, 0) is 12.5 Å². The van der Waals surface area contributed by atoms with E-state index in [1.165, 1.54) is 12.1 Å². The van der Waals surface area contributed by atoms with Gasteiger partial charge in [0.2, 0.25) is 0 Å². The fraction of sp³-hybridized carbons (Fsp3) is 0.462. The summed E-state index contributed by atoms with van der Waals surface area (Å²) in [4.78, 5) is 16.9. The first-order valence-electron chi connectivity index (χ1n) is 6.71. The van der Waals surface area contributed by atoms with Gasteiger partial charge < -0.3 is 14.6 Å². The molecule has 20 heavy (non-hydrogen) atoms. The Morgan fingerprint density at radius 1 is 1.55 bits per heavy atom. The van der Waals surface area contributed by atoms with Gasteiger partial charge in [-0.2, -0.15) is 4.98 Å². The maximum absolute atomic E-state index is 10.8. The summed E-state index contributed by atoms with van der Waals surface area (Å²) in [6, 6.07) is 5.43. The third kappa shape index (κ3) is 2.20. The molecule has 1 fully saturated rings. The molecule has 2 heterocycles. The van der Waals surface area contributed by atoms with Gasteiger partial charge in [0, 0.05) is 31.8 Å². The van der Waals surface area contributed by atoms with E-state index in [0.29, 0.717) is 23.2 Å². The van der Waals surface area contributed by atoms with Gasteiger partial charge >= 0.3 is 0 Å². The van der Waals surface area contributed by atoms with E-state index in [4.69, 9.17) is 4.42 Å². The van der Waals surface area contributed by atoms with E-state index in [0.717, 1.165) is 26.1 Å². The number of hydrogen-bond donors (Lipinski definition) is 1. The van der Waals surface area contributed by atoms with Gasteiger partial charge in [0.1, 0.15) is 5.52 Å². The predicted molar refractivity (Wildman–Crippen MR) is 75.0 cm³/mol. The summed E-state index contributed by atoms with van der Waals surface area (Å²) in [7, 11) is 0. The van der Waals surface area contributed by atoms with Crippen LogP contribution in [-0.2, 0) is 0 Å². The number of non-ortho nitro benzene ring substituents is 1. The first-order chi connectivity index (χ1) is 9.69. The molecule has 2 aromatic rings. The second kappa shape index (κ2) is 5.09. The van der Waals surface area contributed by atoms with Gasteiger partial charge in [0.05, 0.1) is 11.0 Å². The topological polar surface area (TPSA) is 84.4 Å². The van der Waals surface area contributed by atoms with Crippen molar-refractivity contribution in [1.29, 1.82) is 0 Å². The molecule has 0 unspecified atom stereocenters. The highest BCUT2D eigenvalue weighted by Crippen LogP contribution is 2.27. The minimum absolute atomic E-state index is 0.0321. The maximum atomic E-state index is 10.8. The Morgan fingerprint density at radius 3 is 2.95 bits per heavy atom. The Balaban J connectivity index is 1.95. The number of nitro benzene ring substituents is 1. The number of nitro groups is 1. The van der Waals surface area contributed by atoms with Crippen LogP contribution in [0.3, 0.4) is 0 Å². The maximum Gasteiger partial charge on any atom is 0.298 e. The monoisotopic (exact) mass is 276 g/mol. The van der Waals surface area contributed by atoms with Crippen LogP contribution >= 0.6 is 0 Å². The first kappa shape index (κ1) is 12.9. The molecule has 0 bridgehead atoms. The molecule has 106 valence electrons. The number of rotatable bonds is 5. The van der Waals surface area contributed by atoms with Crippen molar-refractivity contribution >= 4 is 22.8 Å². The zero-order valence-corrected chi connectivity index (χ0v) is 11.2. The standard InChI is InChI=1S/C13H16N4O3/c1-2-5-16(10-7-14-8-10)13-15-11-6-9(17(18)19)3-4-12(11)20-13/h3-4,6,10,14H,2,5,7-8H2,1H3. The van der Waals surface area contributed by atoms with Crippen molar-refractivity contribution in [3.63, 3.8) is 0 Å². The van der Waals surface area contributed by atoms with E-state index in [9.17, 15) is 10.1 Å². The lowest BCUT2D eigenvalue weighted by molar-refractivity contribution is -0.384. The van der Waals surface area contributed by atoms with Crippen LogP contribution in [-0.4, -0.2) is 35.6 Å². The molecule has 0 aliphatic carbocycles. The Bertz CT molecular complexity index is 636. The minimum atomic E-state index is -0.423. The fourth-order valence-electron chi connectivity index (χ4n) is 2.31. The van der Waals surface area contributed by atoms with Crippen molar-refractivity contribution in [2.24, 2.45) is 0 Å². The molecule has 7 heteroatoms. The van der Waals surface area contributed by atoms with Crippen LogP contribution in [0.4, 0.5) is 11.7 Å². The number of oxazole rings is 1. The van der Waals surface area contributed by atoms with Crippen LogP contribution in [0.1, 0.15) is 13.3 Å². The van der Waals surface area contributed by atoms with E-state index in [-0.39, 0.29) is 5.69 Å². The van der Waals surface area contributed by atoms with Crippen molar-refractivity contribution in [3.8, 4) is 0 Å². The van der Waals surface area contributed by atoms with Gasteiger partial charge in [0.15, 0.2) is 5.58 Å². The summed E-state index contributed by atoms with van der Waals surface area (Å²) < 4.78 is 5.74. The molecule has 0 amide bonds. The molecule has 1 aliphatic heterocycles. The van der Waals surface area contributed by atoms with E-state index < -0.39 is 4.92 Å². The lowest BCUT2D eigenvalue weighted by Gasteiger charge is -2.37. The van der Waals surface area contributed by atoms with Crippen LogP contribution in [0.5, 0.6) is 0 Å². The third-order valence-corrected chi connectivity index (χ3v) is 3.48. The van der Waals surface area contributed by atoms with Crippen molar-refractivity contribution < 1.29 is 9.34 Å². The molecule has 1 aromatic carbocycles. The van der Waals surface area contributed by atoms with Gasteiger partial charge in [-0.15, -0.1) is 0 Å². The molecule has 0 atom stereocenters. The molecule has 0 saturated carbocycles. The number of nitrogens with zero attached hydrogens (tertiary/aromatic N) is 3. The molecular weight excluding hydrogens is 260 g/mol. The molecule has 1 aromatic heterocycles. The largest absolute Gasteiger partial charge is 0.423 e. The lowest BCUT2D eigenvalue weighted by Crippen LogP contribution is -2.57. The lowest BCUT2D eigenvalue weighted by atomic mass is 10.1. The van der Waals surface area contributed by atoms with Crippen molar-refractivity contribution in [2.45, 2.75) is 19.4 Å². The third-order valence-electron chi connectivity index (χ3n) is 3.48. The fourth-order valence-corrected chi connectivity index (χ4v) is 2.31. The number of nitrogens with one attached hydrogen (secondary N) is 1. The molecule has 3 rings (SSSR count). The quantitative estimate of drug-likeness (QED) is 0.663.